The number of nitrogen functional groups attached to an aromatic ring is 1. The van der Waals surface area contributed by atoms with Gasteiger partial charge in [0, 0.05) is 0 Å². The number of ether oxygens (including phenoxy) is 1. The van der Waals surface area contributed by atoms with Crippen LogP contribution in [-0.4, -0.2) is 12.1 Å². The Kier molecular flexibility index (Phi) is 3.52. The normalized spacial score (nSPS) is 10.5. The van der Waals surface area contributed by atoms with Crippen LogP contribution in [0, 0.1) is 5.82 Å². The van der Waals surface area contributed by atoms with E-state index in [0.717, 1.165) is 6.07 Å². The molecule has 0 aliphatic rings. The summed E-state index contributed by atoms with van der Waals surface area (Å²) < 4.78 is 17.8. The predicted molar refractivity (Wildman–Crippen MR) is 56.4 cm³/mol. The lowest BCUT2D eigenvalue weighted by atomic mass is 10.2. The van der Waals surface area contributed by atoms with Gasteiger partial charge >= 0.3 is 5.97 Å². The predicted octanol–water partition coefficient (Wildman–Crippen LogP) is 2.63. The average molecular weight is 232 g/mol. The summed E-state index contributed by atoms with van der Waals surface area (Å²) in [6.07, 6.45) is -0.264. The largest absolute Gasteiger partial charge is 0.459 e. The van der Waals surface area contributed by atoms with Crippen LogP contribution < -0.4 is 5.73 Å². The molecule has 0 radical (unpaired) electrons. The first-order valence-electron chi connectivity index (χ1n) is 4.37. The van der Waals surface area contributed by atoms with E-state index < -0.39 is 11.8 Å². The standard InChI is InChI=1S/C10H11ClFNO2/c1-5(2)15-10(14)6-3-9(13)8(12)4-7(6)11/h3-5H,13H2,1-2H3. The van der Waals surface area contributed by atoms with Gasteiger partial charge in [0.1, 0.15) is 5.82 Å². The molecule has 0 atom stereocenters. The number of esters is 1. The highest BCUT2D eigenvalue weighted by atomic mass is 35.5. The molecule has 0 aromatic heterocycles. The van der Waals surface area contributed by atoms with Crippen molar-refractivity contribution < 1.29 is 13.9 Å². The van der Waals surface area contributed by atoms with Gasteiger partial charge in [-0.2, -0.15) is 0 Å². The van der Waals surface area contributed by atoms with Gasteiger partial charge in [-0.3, -0.25) is 0 Å². The van der Waals surface area contributed by atoms with Crippen LogP contribution in [0.15, 0.2) is 12.1 Å². The summed E-state index contributed by atoms with van der Waals surface area (Å²) in [6.45, 7) is 3.41. The molecule has 1 aromatic carbocycles. The number of rotatable bonds is 2. The Bertz CT molecular complexity index is 393. The molecule has 5 heteroatoms. The number of hydrogen-bond donors (Lipinski definition) is 1. The minimum absolute atomic E-state index is 0.00708. The Morgan fingerprint density at radius 2 is 2.13 bits per heavy atom. The van der Waals surface area contributed by atoms with E-state index in [1.165, 1.54) is 6.07 Å². The molecular formula is C10H11ClFNO2. The molecular weight excluding hydrogens is 221 g/mol. The number of hydrogen-bond acceptors (Lipinski definition) is 3. The van der Waals surface area contributed by atoms with Gasteiger partial charge in [-0.05, 0) is 26.0 Å². The van der Waals surface area contributed by atoms with Gasteiger partial charge in [-0.15, -0.1) is 0 Å². The zero-order valence-corrected chi connectivity index (χ0v) is 9.14. The summed E-state index contributed by atoms with van der Waals surface area (Å²) in [5.74, 6) is -1.26. The molecule has 1 aromatic rings. The van der Waals surface area contributed by atoms with Crippen LogP contribution in [0.1, 0.15) is 24.2 Å². The van der Waals surface area contributed by atoms with E-state index in [9.17, 15) is 9.18 Å². The molecule has 0 saturated carbocycles. The smallest absolute Gasteiger partial charge is 0.339 e. The molecule has 82 valence electrons. The minimum atomic E-state index is -0.652. The average Bonchev–Trinajstić information content (AvgIpc) is 2.09. The van der Waals surface area contributed by atoms with Gasteiger partial charge in [-0.25, -0.2) is 9.18 Å². The number of halogens is 2. The summed E-state index contributed by atoms with van der Waals surface area (Å²) >= 11 is 5.68. The highest BCUT2D eigenvalue weighted by Crippen LogP contribution is 2.23. The summed E-state index contributed by atoms with van der Waals surface area (Å²) in [5, 5.41) is -0.00708. The molecule has 1 rings (SSSR count). The van der Waals surface area contributed by atoms with Crippen molar-refractivity contribution in [2.24, 2.45) is 0 Å². The van der Waals surface area contributed by atoms with Gasteiger partial charge < -0.3 is 10.5 Å². The third-order valence-corrected chi connectivity index (χ3v) is 1.96. The molecule has 0 aliphatic carbocycles. The number of carbonyl (C=O) groups excluding carboxylic acids is 1. The van der Waals surface area contributed by atoms with E-state index >= 15 is 0 Å². The minimum Gasteiger partial charge on any atom is -0.459 e. The zero-order chi connectivity index (χ0) is 11.6. The molecule has 2 N–H and O–H groups in total. The topological polar surface area (TPSA) is 52.3 Å². The summed E-state index contributed by atoms with van der Waals surface area (Å²) in [4.78, 5) is 11.5. The summed E-state index contributed by atoms with van der Waals surface area (Å²) in [7, 11) is 0. The van der Waals surface area contributed by atoms with Crippen molar-refractivity contribution in [1.82, 2.24) is 0 Å². The van der Waals surface area contributed by atoms with Crippen molar-refractivity contribution in [2.45, 2.75) is 20.0 Å². The van der Waals surface area contributed by atoms with Crippen LogP contribution in [0.2, 0.25) is 5.02 Å². The molecule has 3 nitrogen and oxygen atoms in total. The Balaban J connectivity index is 3.04. The second kappa shape index (κ2) is 4.49. The van der Waals surface area contributed by atoms with Crippen molar-refractivity contribution in [2.75, 3.05) is 5.73 Å². The number of benzene rings is 1. The van der Waals surface area contributed by atoms with E-state index in [1.54, 1.807) is 13.8 Å². The van der Waals surface area contributed by atoms with Gasteiger partial charge in [0.05, 0.1) is 22.4 Å². The fraction of sp³-hybridized carbons (Fsp3) is 0.300. The van der Waals surface area contributed by atoms with Gasteiger partial charge in [0.15, 0.2) is 0 Å². The van der Waals surface area contributed by atoms with Crippen molar-refractivity contribution in [3.05, 3.63) is 28.5 Å². The quantitative estimate of drug-likeness (QED) is 0.629. The van der Waals surface area contributed by atoms with Crippen LogP contribution in [0.3, 0.4) is 0 Å². The van der Waals surface area contributed by atoms with Crippen molar-refractivity contribution in [3.63, 3.8) is 0 Å². The van der Waals surface area contributed by atoms with E-state index in [1.807, 2.05) is 0 Å². The van der Waals surface area contributed by atoms with Crippen LogP contribution in [-0.2, 0) is 4.74 Å². The maximum absolute atomic E-state index is 12.9. The van der Waals surface area contributed by atoms with Crippen molar-refractivity contribution in [1.29, 1.82) is 0 Å². The van der Waals surface area contributed by atoms with Crippen LogP contribution in [0.25, 0.3) is 0 Å². The van der Waals surface area contributed by atoms with Gasteiger partial charge in [0.25, 0.3) is 0 Å². The second-order valence-electron chi connectivity index (χ2n) is 3.31. The van der Waals surface area contributed by atoms with Crippen LogP contribution in [0.4, 0.5) is 10.1 Å². The summed E-state index contributed by atoms with van der Waals surface area (Å²) in [6, 6.07) is 2.16. The highest BCUT2D eigenvalue weighted by molar-refractivity contribution is 6.33. The Morgan fingerprint density at radius 3 is 2.67 bits per heavy atom. The molecule has 0 unspecified atom stereocenters. The van der Waals surface area contributed by atoms with E-state index in [4.69, 9.17) is 22.1 Å². The lowest BCUT2D eigenvalue weighted by Crippen LogP contribution is -2.12. The molecule has 15 heavy (non-hydrogen) atoms. The maximum Gasteiger partial charge on any atom is 0.339 e. The monoisotopic (exact) mass is 231 g/mol. The molecule has 0 amide bonds. The molecule has 0 bridgehead atoms. The van der Waals surface area contributed by atoms with E-state index in [0.29, 0.717) is 0 Å². The Labute approximate surface area is 92.0 Å². The molecule has 0 fully saturated rings. The number of nitrogens with two attached hydrogens (primary N) is 1. The highest BCUT2D eigenvalue weighted by Gasteiger charge is 2.15. The summed E-state index contributed by atoms with van der Waals surface area (Å²) in [5.41, 5.74) is 5.26. The maximum atomic E-state index is 12.9. The number of anilines is 1. The lowest BCUT2D eigenvalue weighted by Gasteiger charge is -2.09. The molecule has 0 aliphatic heterocycles. The Hall–Kier alpha value is -1.29. The Morgan fingerprint density at radius 1 is 1.53 bits per heavy atom. The number of carbonyl (C=O) groups is 1. The first-order chi connectivity index (χ1) is 6.91. The molecule has 0 heterocycles. The van der Waals surface area contributed by atoms with E-state index in [2.05, 4.69) is 0 Å². The van der Waals surface area contributed by atoms with Crippen LogP contribution in [0.5, 0.6) is 0 Å². The third kappa shape index (κ3) is 2.83. The fourth-order valence-corrected chi connectivity index (χ4v) is 1.23. The molecule has 0 saturated heterocycles. The van der Waals surface area contributed by atoms with Gasteiger partial charge in [0.2, 0.25) is 0 Å². The SMILES string of the molecule is CC(C)OC(=O)c1cc(N)c(F)cc1Cl. The zero-order valence-electron chi connectivity index (χ0n) is 8.38. The van der Waals surface area contributed by atoms with Crippen LogP contribution >= 0.6 is 11.6 Å². The fourth-order valence-electron chi connectivity index (χ4n) is 1.000. The lowest BCUT2D eigenvalue weighted by molar-refractivity contribution is 0.0378. The van der Waals surface area contributed by atoms with E-state index in [-0.39, 0.29) is 22.4 Å². The first-order valence-corrected chi connectivity index (χ1v) is 4.75. The first kappa shape index (κ1) is 11.8. The second-order valence-corrected chi connectivity index (χ2v) is 3.71. The third-order valence-electron chi connectivity index (χ3n) is 1.65. The van der Waals surface area contributed by atoms with Crippen molar-refractivity contribution >= 4 is 23.3 Å². The van der Waals surface area contributed by atoms with Gasteiger partial charge in [-0.1, -0.05) is 11.6 Å². The molecule has 0 spiro atoms. The van der Waals surface area contributed by atoms with Crippen molar-refractivity contribution in [3.8, 4) is 0 Å².